The summed E-state index contributed by atoms with van der Waals surface area (Å²) < 4.78 is 70.2. The fourth-order valence-corrected chi connectivity index (χ4v) is 8.54. The molecule has 4 heterocycles. The van der Waals surface area contributed by atoms with Crippen LogP contribution in [0.5, 0.6) is 0 Å². The highest BCUT2D eigenvalue weighted by atomic mass is 32.2. The van der Waals surface area contributed by atoms with Gasteiger partial charge in [0.1, 0.15) is 0 Å². The molecule has 11 nitrogen and oxygen atoms in total. The molecule has 2 aromatic rings. The lowest BCUT2D eigenvalue weighted by atomic mass is 10.0. The van der Waals surface area contributed by atoms with Crippen LogP contribution in [-0.2, 0) is 35.7 Å². The average Bonchev–Trinajstić information content (AvgIpc) is 3.35. The normalized spacial score (nSPS) is 20.0. The van der Waals surface area contributed by atoms with Crippen molar-refractivity contribution in [1.29, 1.82) is 0 Å². The molecule has 2 amide bonds. The highest BCUT2D eigenvalue weighted by Crippen LogP contribution is 2.40. The number of aliphatic hydroxyl groups excluding tert-OH is 1. The zero-order valence-corrected chi connectivity index (χ0v) is 27.8. The van der Waals surface area contributed by atoms with Gasteiger partial charge in [-0.05, 0) is 50.9 Å². The number of urea groups is 1. The van der Waals surface area contributed by atoms with Crippen molar-refractivity contribution in [2.75, 3.05) is 57.8 Å². The van der Waals surface area contributed by atoms with E-state index < -0.39 is 33.9 Å². The van der Waals surface area contributed by atoms with Gasteiger partial charge in [-0.25, -0.2) is 13.2 Å². The van der Waals surface area contributed by atoms with Crippen molar-refractivity contribution in [3.05, 3.63) is 35.0 Å². The molecular formula is C30H44F3N7O4S2. The number of alkyl halides is 3. The van der Waals surface area contributed by atoms with Crippen molar-refractivity contribution in [3.8, 4) is 11.3 Å². The van der Waals surface area contributed by atoms with Gasteiger partial charge in [0.05, 0.1) is 30.2 Å². The minimum Gasteiger partial charge on any atom is -0.390 e. The third-order valence-electron chi connectivity index (χ3n) is 9.03. The number of nitrogens with zero attached hydrogens (tertiary/aromatic N) is 5. The first kappa shape index (κ1) is 35.0. The lowest BCUT2D eigenvalue weighted by Crippen LogP contribution is -2.48. The number of likely N-dealkylation sites (tertiary alicyclic amines) is 2. The van der Waals surface area contributed by atoms with Gasteiger partial charge in [-0.3, -0.25) is 4.68 Å². The number of carbonyl (C=O) groups is 1. The molecule has 3 aliphatic rings. The number of thioether (sulfide) groups is 1. The quantitative estimate of drug-likeness (QED) is 0.307. The molecule has 256 valence electrons. The molecule has 5 rings (SSSR count). The highest BCUT2D eigenvalue weighted by Gasteiger charge is 2.35. The first-order chi connectivity index (χ1) is 21.8. The van der Waals surface area contributed by atoms with Gasteiger partial charge in [0.25, 0.3) is 0 Å². The lowest BCUT2D eigenvalue weighted by molar-refractivity contribution is -0.139. The molecule has 3 aliphatic heterocycles. The van der Waals surface area contributed by atoms with Crippen LogP contribution in [-0.4, -0.2) is 113 Å². The van der Waals surface area contributed by atoms with Gasteiger partial charge in [0.2, 0.25) is 10.0 Å². The summed E-state index contributed by atoms with van der Waals surface area (Å²) in [7, 11) is -3.52. The number of sulfonamides is 1. The number of nitrogens with two attached hydrogens (primary N) is 1. The summed E-state index contributed by atoms with van der Waals surface area (Å²) in [5, 5.41) is 18.6. The maximum Gasteiger partial charge on any atom is 0.417 e. The number of piperidine rings is 2. The fourth-order valence-electron chi connectivity index (χ4n) is 6.64. The Kier molecular flexibility index (Phi) is 11.3. The predicted octanol–water partition coefficient (Wildman–Crippen LogP) is 2.96. The number of nitrogens with one attached hydrogen (secondary N) is 1. The number of hydrogen-bond donors (Lipinski definition) is 3. The standard InChI is InChI=1S/C30H44F3N7O4S2/c1-46(43,44)39-14-9-26-24(20-39)28(36-40(26)19-23(41)18-38-12-7-22(8-13-38)35-29(34)42)21-5-6-25(30(31,32)33)27(17-21)45-16-15-37-10-3-2-4-11-37/h5-6,17,22-23,41H,2-4,7-16,18-20H2,1H3,(H3,34,35,42). The Bertz CT molecular complexity index is 1470. The van der Waals surface area contributed by atoms with E-state index in [0.717, 1.165) is 43.9 Å². The maximum absolute atomic E-state index is 14.1. The molecule has 1 aromatic carbocycles. The van der Waals surface area contributed by atoms with Crippen molar-refractivity contribution in [2.45, 2.75) is 74.8 Å². The summed E-state index contributed by atoms with van der Waals surface area (Å²) in [5.74, 6) is 0.517. The second kappa shape index (κ2) is 14.8. The Labute approximate surface area is 272 Å². The molecule has 1 unspecified atom stereocenters. The minimum atomic E-state index is -4.52. The topological polar surface area (TPSA) is 137 Å². The molecule has 2 fully saturated rings. The summed E-state index contributed by atoms with van der Waals surface area (Å²) in [5.41, 5.74) is 6.87. The van der Waals surface area contributed by atoms with E-state index in [9.17, 15) is 31.5 Å². The number of aliphatic hydroxyl groups is 1. The number of carbonyl (C=O) groups excluding carboxylic acids is 1. The Morgan fingerprint density at radius 2 is 1.83 bits per heavy atom. The monoisotopic (exact) mass is 687 g/mol. The number of rotatable bonds is 11. The number of hydrogen-bond acceptors (Lipinski definition) is 8. The number of amides is 2. The molecule has 0 aliphatic carbocycles. The molecule has 16 heteroatoms. The van der Waals surface area contributed by atoms with E-state index in [1.165, 1.54) is 34.6 Å². The summed E-state index contributed by atoms with van der Waals surface area (Å²) in [6.45, 7) is 4.81. The summed E-state index contributed by atoms with van der Waals surface area (Å²) >= 11 is 1.18. The van der Waals surface area contributed by atoms with Gasteiger partial charge in [-0.2, -0.15) is 22.6 Å². The van der Waals surface area contributed by atoms with Crippen LogP contribution in [0.15, 0.2) is 23.1 Å². The van der Waals surface area contributed by atoms with Crippen LogP contribution in [0.4, 0.5) is 18.0 Å². The van der Waals surface area contributed by atoms with E-state index in [1.807, 2.05) is 0 Å². The Morgan fingerprint density at radius 3 is 2.48 bits per heavy atom. The third kappa shape index (κ3) is 8.95. The average molecular weight is 688 g/mol. The highest BCUT2D eigenvalue weighted by molar-refractivity contribution is 7.99. The Morgan fingerprint density at radius 1 is 1.11 bits per heavy atom. The third-order valence-corrected chi connectivity index (χ3v) is 11.3. The number of β-amino-alcohol motifs (C(OH)–C–C–N with tert-alkyl or cyclic N) is 1. The Hall–Kier alpha value is -2.37. The van der Waals surface area contributed by atoms with Crippen LogP contribution < -0.4 is 11.1 Å². The van der Waals surface area contributed by atoms with E-state index >= 15 is 0 Å². The fraction of sp³-hybridized carbons (Fsp3) is 0.667. The number of aromatic nitrogens is 2. The van der Waals surface area contributed by atoms with E-state index in [1.54, 1.807) is 4.68 Å². The van der Waals surface area contributed by atoms with Gasteiger partial charge in [0, 0.05) is 79.2 Å². The lowest BCUT2D eigenvalue weighted by Gasteiger charge is -2.33. The largest absolute Gasteiger partial charge is 0.417 e. The molecule has 2 saturated heterocycles. The van der Waals surface area contributed by atoms with Crippen LogP contribution in [0.25, 0.3) is 11.3 Å². The zero-order chi connectivity index (χ0) is 33.1. The Balaban J connectivity index is 1.38. The zero-order valence-electron chi connectivity index (χ0n) is 26.1. The minimum absolute atomic E-state index is 0.000863. The van der Waals surface area contributed by atoms with Crippen LogP contribution >= 0.6 is 11.8 Å². The van der Waals surface area contributed by atoms with Gasteiger partial charge in [0.15, 0.2) is 0 Å². The van der Waals surface area contributed by atoms with Crippen LogP contribution in [0.3, 0.4) is 0 Å². The first-order valence-corrected chi connectivity index (χ1v) is 18.7. The van der Waals surface area contributed by atoms with Crippen molar-refractivity contribution in [3.63, 3.8) is 0 Å². The van der Waals surface area contributed by atoms with Gasteiger partial charge in [-0.15, -0.1) is 11.8 Å². The molecule has 0 spiro atoms. The molecule has 4 N–H and O–H groups in total. The van der Waals surface area contributed by atoms with Gasteiger partial charge < -0.3 is 26.0 Å². The van der Waals surface area contributed by atoms with Crippen LogP contribution in [0, 0.1) is 0 Å². The molecule has 46 heavy (non-hydrogen) atoms. The van der Waals surface area contributed by atoms with Crippen molar-refractivity contribution < 1.29 is 31.5 Å². The molecular weight excluding hydrogens is 644 g/mol. The molecule has 0 bridgehead atoms. The van der Waals surface area contributed by atoms with E-state index in [4.69, 9.17) is 10.8 Å². The second-order valence-electron chi connectivity index (χ2n) is 12.5. The molecule has 0 saturated carbocycles. The van der Waals surface area contributed by atoms with Crippen molar-refractivity contribution in [1.82, 2.24) is 29.2 Å². The summed E-state index contributed by atoms with van der Waals surface area (Å²) in [6, 6.07) is 3.47. The number of primary amides is 1. The number of benzene rings is 1. The second-order valence-corrected chi connectivity index (χ2v) is 15.6. The first-order valence-electron chi connectivity index (χ1n) is 15.8. The number of halogens is 3. The number of fused-ring (bicyclic) bond motifs is 1. The van der Waals surface area contributed by atoms with E-state index in [-0.39, 0.29) is 30.6 Å². The van der Waals surface area contributed by atoms with Gasteiger partial charge >= 0.3 is 12.2 Å². The summed E-state index contributed by atoms with van der Waals surface area (Å²) in [6.07, 6.45) is 1.01. The summed E-state index contributed by atoms with van der Waals surface area (Å²) in [4.78, 5) is 15.7. The predicted molar refractivity (Wildman–Crippen MR) is 171 cm³/mol. The van der Waals surface area contributed by atoms with Crippen LogP contribution in [0.2, 0.25) is 0 Å². The smallest absolute Gasteiger partial charge is 0.390 e. The van der Waals surface area contributed by atoms with Crippen LogP contribution in [0.1, 0.15) is 48.9 Å². The maximum atomic E-state index is 14.1. The van der Waals surface area contributed by atoms with Crippen molar-refractivity contribution >= 4 is 27.8 Å². The van der Waals surface area contributed by atoms with Gasteiger partial charge in [-0.1, -0.05) is 12.5 Å². The van der Waals surface area contributed by atoms with E-state index in [0.29, 0.717) is 68.0 Å². The van der Waals surface area contributed by atoms with E-state index in [2.05, 4.69) is 15.1 Å². The molecule has 1 atom stereocenters. The molecule has 0 radical (unpaired) electrons. The molecule has 1 aromatic heterocycles. The SMILES string of the molecule is CS(=O)(=O)N1CCc2c(c(-c3ccc(C(F)(F)F)c(SCCN4CCCCC4)c3)nn2CC(O)CN2CCC(NC(N)=O)CC2)C1. The van der Waals surface area contributed by atoms with Crippen molar-refractivity contribution in [2.24, 2.45) is 5.73 Å².